The first-order chi connectivity index (χ1) is 6.65. The lowest BCUT2D eigenvalue weighted by molar-refractivity contribution is -0.124. The van der Waals surface area contributed by atoms with Gasteiger partial charge in [-0.15, -0.1) is 0 Å². The van der Waals surface area contributed by atoms with Gasteiger partial charge in [-0.3, -0.25) is 4.79 Å². The van der Waals surface area contributed by atoms with Crippen molar-refractivity contribution in [2.45, 2.75) is 12.0 Å². The summed E-state index contributed by atoms with van der Waals surface area (Å²) in [5.74, 6) is 0.0549. The van der Waals surface area contributed by atoms with Gasteiger partial charge >= 0.3 is 0 Å². The number of phenols is 1. The lowest BCUT2D eigenvalue weighted by Gasteiger charge is -2.25. The molecule has 0 amide bonds. The molecule has 1 atom stereocenters. The predicted octanol–water partition coefficient (Wildman–Crippen LogP) is 1.20. The summed E-state index contributed by atoms with van der Waals surface area (Å²) in [6.07, 6.45) is 4.34. The highest BCUT2D eigenvalue weighted by molar-refractivity contribution is 5.74. The van der Waals surface area contributed by atoms with Crippen LogP contribution in [0.2, 0.25) is 0 Å². The largest absolute Gasteiger partial charge is 0.508 e. The average Bonchev–Trinajstić information content (AvgIpc) is 2.20. The molecule has 0 aliphatic heterocycles. The Kier molecular flexibility index (Phi) is 1.89. The van der Waals surface area contributed by atoms with Crippen molar-refractivity contribution in [2.75, 3.05) is 0 Å². The molecule has 1 unspecified atom stereocenters. The number of carbonyl (C=O) groups is 1. The van der Waals surface area contributed by atoms with E-state index >= 15 is 0 Å². The maximum atomic E-state index is 10.8. The zero-order valence-corrected chi connectivity index (χ0v) is 7.47. The van der Waals surface area contributed by atoms with Crippen molar-refractivity contribution in [3.63, 3.8) is 0 Å². The maximum absolute atomic E-state index is 10.8. The van der Waals surface area contributed by atoms with Crippen molar-refractivity contribution >= 4 is 12.4 Å². The summed E-state index contributed by atoms with van der Waals surface area (Å²) in [5, 5.41) is 19.2. The van der Waals surface area contributed by atoms with Gasteiger partial charge in [0.2, 0.25) is 0 Å². The third-order valence-electron chi connectivity index (χ3n) is 2.42. The minimum Gasteiger partial charge on any atom is -0.508 e. The van der Waals surface area contributed by atoms with Gasteiger partial charge in [0.15, 0.2) is 6.29 Å². The fraction of sp³-hybridized carbons (Fsp3) is 0.182. The van der Waals surface area contributed by atoms with Crippen LogP contribution in [0.1, 0.15) is 17.5 Å². The van der Waals surface area contributed by atoms with E-state index in [9.17, 15) is 15.0 Å². The highest BCUT2D eigenvalue weighted by Gasteiger charge is 2.31. The molecule has 0 heterocycles. The average molecular weight is 190 g/mol. The molecule has 14 heavy (non-hydrogen) atoms. The van der Waals surface area contributed by atoms with E-state index in [2.05, 4.69) is 0 Å². The first-order valence-corrected chi connectivity index (χ1v) is 4.34. The smallest absolute Gasteiger partial charge is 0.156 e. The Hall–Kier alpha value is -1.61. The van der Waals surface area contributed by atoms with Gasteiger partial charge in [-0.05, 0) is 17.7 Å². The van der Waals surface area contributed by atoms with Crippen LogP contribution in [0.4, 0.5) is 0 Å². The van der Waals surface area contributed by atoms with Crippen molar-refractivity contribution in [1.82, 2.24) is 0 Å². The minimum atomic E-state index is -1.48. The number of aromatic hydroxyl groups is 1. The molecule has 3 heteroatoms. The first kappa shape index (κ1) is 8.97. The number of rotatable bonds is 1. The van der Waals surface area contributed by atoms with E-state index in [0.717, 1.165) is 5.56 Å². The molecule has 0 saturated heterocycles. The Morgan fingerprint density at radius 1 is 1.43 bits per heavy atom. The van der Waals surface area contributed by atoms with Crippen LogP contribution < -0.4 is 0 Å². The van der Waals surface area contributed by atoms with Crippen molar-refractivity contribution in [2.24, 2.45) is 0 Å². The standard InChI is InChI=1S/C11H10O3/c12-7-11(14)5-1-2-8-3-4-9(13)6-10(8)11/h1-4,6-7,13-14H,5H2. The monoisotopic (exact) mass is 190 g/mol. The summed E-state index contributed by atoms with van der Waals surface area (Å²) in [6, 6.07) is 4.63. The third kappa shape index (κ3) is 1.22. The predicted molar refractivity (Wildman–Crippen MR) is 51.7 cm³/mol. The van der Waals surface area contributed by atoms with Gasteiger partial charge in [0, 0.05) is 12.0 Å². The number of aldehydes is 1. The molecular weight excluding hydrogens is 180 g/mol. The fourth-order valence-corrected chi connectivity index (χ4v) is 1.65. The van der Waals surface area contributed by atoms with Crippen LogP contribution in [0.15, 0.2) is 24.3 Å². The summed E-state index contributed by atoms with van der Waals surface area (Å²) < 4.78 is 0. The second-order valence-corrected chi connectivity index (χ2v) is 3.42. The van der Waals surface area contributed by atoms with Crippen molar-refractivity contribution in [3.8, 4) is 5.75 Å². The molecule has 2 rings (SSSR count). The molecule has 0 aromatic heterocycles. The number of aliphatic hydroxyl groups is 1. The summed E-state index contributed by atoms with van der Waals surface area (Å²) in [6.45, 7) is 0. The Bertz CT molecular complexity index is 409. The van der Waals surface area contributed by atoms with Crippen molar-refractivity contribution in [3.05, 3.63) is 35.4 Å². The molecule has 0 spiro atoms. The van der Waals surface area contributed by atoms with E-state index in [0.29, 0.717) is 11.8 Å². The van der Waals surface area contributed by atoms with Gasteiger partial charge in [-0.2, -0.15) is 0 Å². The number of phenolic OH excluding ortho intramolecular Hbond substituents is 1. The quantitative estimate of drug-likeness (QED) is 0.654. The second-order valence-electron chi connectivity index (χ2n) is 3.42. The van der Waals surface area contributed by atoms with Gasteiger partial charge in [-0.25, -0.2) is 0 Å². The van der Waals surface area contributed by atoms with E-state index in [-0.39, 0.29) is 12.2 Å². The topological polar surface area (TPSA) is 57.5 Å². The number of benzene rings is 1. The molecule has 0 radical (unpaired) electrons. The molecule has 2 N–H and O–H groups in total. The van der Waals surface area contributed by atoms with Crippen LogP contribution in [0.3, 0.4) is 0 Å². The number of carbonyl (C=O) groups excluding carboxylic acids is 1. The summed E-state index contributed by atoms with van der Waals surface area (Å²) in [4.78, 5) is 10.8. The molecule has 0 bridgehead atoms. The van der Waals surface area contributed by atoms with E-state index in [1.54, 1.807) is 12.1 Å². The van der Waals surface area contributed by atoms with Gasteiger partial charge in [-0.1, -0.05) is 18.2 Å². The van der Waals surface area contributed by atoms with Crippen LogP contribution in [0, 0.1) is 0 Å². The van der Waals surface area contributed by atoms with Crippen LogP contribution in [0.5, 0.6) is 5.75 Å². The molecular formula is C11H10O3. The van der Waals surface area contributed by atoms with Gasteiger partial charge in [0.1, 0.15) is 11.4 Å². The minimum absolute atomic E-state index is 0.0549. The molecule has 3 nitrogen and oxygen atoms in total. The molecule has 1 aromatic carbocycles. The van der Waals surface area contributed by atoms with E-state index in [4.69, 9.17) is 0 Å². The maximum Gasteiger partial charge on any atom is 0.156 e. The highest BCUT2D eigenvalue weighted by Crippen LogP contribution is 2.33. The lowest BCUT2D eigenvalue weighted by atomic mass is 9.84. The Morgan fingerprint density at radius 2 is 2.21 bits per heavy atom. The summed E-state index contributed by atoms with van der Waals surface area (Å²) >= 11 is 0. The first-order valence-electron chi connectivity index (χ1n) is 4.34. The number of hydrogen-bond acceptors (Lipinski definition) is 3. The van der Waals surface area contributed by atoms with Gasteiger partial charge in [0.05, 0.1) is 0 Å². The SMILES string of the molecule is O=CC1(O)CC=Cc2ccc(O)cc21. The summed E-state index contributed by atoms with van der Waals surface area (Å²) in [5.41, 5.74) is -0.248. The Balaban J connectivity index is 2.64. The number of fused-ring (bicyclic) bond motifs is 1. The van der Waals surface area contributed by atoms with Crippen LogP contribution in [-0.4, -0.2) is 16.5 Å². The van der Waals surface area contributed by atoms with Crippen LogP contribution in [0.25, 0.3) is 6.08 Å². The van der Waals surface area contributed by atoms with E-state index < -0.39 is 5.60 Å². The molecule has 1 aromatic rings. The van der Waals surface area contributed by atoms with Crippen LogP contribution >= 0.6 is 0 Å². The van der Waals surface area contributed by atoms with E-state index in [1.807, 2.05) is 6.08 Å². The zero-order valence-electron chi connectivity index (χ0n) is 7.47. The fourth-order valence-electron chi connectivity index (χ4n) is 1.65. The lowest BCUT2D eigenvalue weighted by Crippen LogP contribution is -2.29. The molecule has 72 valence electrons. The van der Waals surface area contributed by atoms with Crippen molar-refractivity contribution in [1.29, 1.82) is 0 Å². The van der Waals surface area contributed by atoms with E-state index in [1.165, 1.54) is 12.1 Å². The van der Waals surface area contributed by atoms with Gasteiger partial charge < -0.3 is 10.2 Å². The molecule has 1 aliphatic rings. The third-order valence-corrected chi connectivity index (χ3v) is 2.42. The summed E-state index contributed by atoms with van der Waals surface area (Å²) in [7, 11) is 0. The molecule has 1 aliphatic carbocycles. The Labute approximate surface area is 81.3 Å². The van der Waals surface area contributed by atoms with Crippen molar-refractivity contribution < 1.29 is 15.0 Å². The number of hydrogen-bond donors (Lipinski definition) is 2. The Morgan fingerprint density at radius 3 is 2.93 bits per heavy atom. The normalized spacial score (nSPS) is 24.4. The zero-order chi connectivity index (χ0) is 10.2. The van der Waals surface area contributed by atoms with Gasteiger partial charge in [0.25, 0.3) is 0 Å². The molecule has 0 saturated carbocycles. The van der Waals surface area contributed by atoms with Crippen LogP contribution in [-0.2, 0) is 10.4 Å². The highest BCUT2D eigenvalue weighted by atomic mass is 16.3. The molecule has 0 fully saturated rings. The second kappa shape index (κ2) is 2.96.